The van der Waals surface area contributed by atoms with Gasteiger partial charge in [0, 0.05) is 16.8 Å². The Hall–Kier alpha value is -0.690. The summed E-state index contributed by atoms with van der Waals surface area (Å²) in [5, 5.41) is 14.2. The fourth-order valence-electron chi connectivity index (χ4n) is 3.27. The van der Waals surface area contributed by atoms with Crippen LogP contribution in [0.15, 0.2) is 4.52 Å². The lowest BCUT2D eigenvalue weighted by molar-refractivity contribution is -0.142. The number of rotatable bonds is 3. The highest BCUT2D eigenvalue weighted by molar-refractivity contribution is 8.06. The summed E-state index contributed by atoms with van der Waals surface area (Å²) in [7, 11) is 0. The molecule has 0 spiro atoms. The standard InChI is InChI=1S/C14H20N2O3S2/c1-7-5-9(10(6-7)14(17)18)13-15-12(16-19-13)11-8(2)20-3-4-21-11/h7-11H,3-6H2,1-2H3,(H,17,18). The van der Waals surface area contributed by atoms with Crippen molar-refractivity contribution in [3.05, 3.63) is 11.7 Å². The van der Waals surface area contributed by atoms with Gasteiger partial charge in [-0.05, 0) is 18.8 Å². The molecule has 1 aromatic heterocycles. The Morgan fingerprint density at radius 1 is 1.29 bits per heavy atom. The molecule has 1 saturated carbocycles. The van der Waals surface area contributed by atoms with Gasteiger partial charge < -0.3 is 9.63 Å². The molecule has 3 rings (SSSR count). The van der Waals surface area contributed by atoms with Gasteiger partial charge in [-0.2, -0.15) is 16.7 Å². The van der Waals surface area contributed by atoms with E-state index in [1.165, 1.54) is 0 Å². The van der Waals surface area contributed by atoms with Crippen molar-refractivity contribution in [1.29, 1.82) is 0 Å². The first-order valence-electron chi connectivity index (χ1n) is 7.35. The van der Waals surface area contributed by atoms with Gasteiger partial charge in [-0.1, -0.05) is 19.0 Å². The molecule has 0 bridgehead atoms. The summed E-state index contributed by atoms with van der Waals surface area (Å²) in [5.41, 5.74) is 0. The third kappa shape index (κ3) is 3.08. The van der Waals surface area contributed by atoms with Crippen molar-refractivity contribution in [2.24, 2.45) is 11.8 Å². The SMILES string of the molecule is CC1CC(C(=O)O)C(c2nc(C3SCCSC3C)no2)C1. The van der Waals surface area contributed by atoms with Crippen LogP contribution in [0.2, 0.25) is 0 Å². The first-order valence-corrected chi connectivity index (χ1v) is 9.45. The summed E-state index contributed by atoms with van der Waals surface area (Å²) in [6.07, 6.45) is 1.52. The molecular formula is C14H20N2O3S2. The highest BCUT2D eigenvalue weighted by Gasteiger charge is 2.41. The van der Waals surface area contributed by atoms with E-state index in [0.29, 0.717) is 23.5 Å². The lowest BCUT2D eigenvalue weighted by Crippen LogP contribution is -2.18. The zero-order chi connectivity index (χ0) is 15.0. The van der Waals surface area contributed by atoms with E-state index in [9.17, 15) is 9.90 Å². The van der Waals surface area contributed by atoms with Gasteiger partial charge in [0.25, 0.3) is 0 Å². The normalized spacial score (nSPS) is 36.8. The van der Waals surface area contributed by atoms with Crippen molar-refractivity contribution < 1.29 is 14.4 Å². The molecule has 1 aliphatic heterocycles. The quantitative estimate of drug-likeness (QED) is 0.913. The van der Waals surface area contributed by atoms with E-state index in [4.69, 9.17) is 4.52 Å². The molecule has 21 heavy (non-hydrogen) atoms. The number of carboxylic acid groups (broad SMARTS) is 1. The van der Waals surface area contributed by atoms with Crippen molar-refractivity contribution in [2.75, 3.05) is 11.5 Å². The van der Waals surface area contributed by atoms with E-state index in [0.717, 1.165) is 23.8 Å². The van der Waals surface area contributed by atoms with E-state index in [1.807, 2.05) is 23.5 Å². The van der Waals surface area contributed by atoms with Crippen LogP contribution in [0, 0.1) is 11.8 Å². The van der Waals surface area contributed by atoms with Gasteiger partial charge in [0.1, 0.15) is 0 Å². The highest BCUT2D eigenvalue weighted by atomic mass is 32.2. The zero-order valence-electron chi connectivity index (χ0n) is 12.2. The minimum atomic E-state index is -0.750. The van der Waals surface area contributed by atoms with Crippen LogP contribution in [0.3, 0.4) is 0 Å². The monoisotopic (exact) mass is 328 g/mol. The van der Waals surface area contributed by atoms with Gasteiger partial charge in [-0.25, -0.2) is 0 Å². The van der Waals surface area contributed by atoms with Crippen LogP contribution in [0.1, 0.15) is 49.6 Å². The molecule has 5 atom stereocenters. The summed E-state index contributed by atoms with van der Waals surface area (Å²) in [6, 6.07) is 0. The minimum absolute atomic E-state index is 0.129. The van der Waals surface area contributed by atoms with E-state index >= 15 is 0 Å². The van der Waals surface area contributed by atoms with Crippen LogP contribution in [0.5, 0.6) is 0 Å². The number of aliphatic carboxylic acids is 1. The molecule has 1 aliphatic carbocycles. The number of aromatic nitrogens is 2. The predicted molar refractivity (Wildman–Crippen MR) is 83.7 cm³/mol. The summed E-state index contributed by atoms with van der Waals surface area (Å²) in [4.78, 5) is 16.0. The van der Waals surface area contributed by atoms with Crippen LogP contribution < -0.4 is 0 Å². The number of thioether (sulfide) groups is 2. The molecule has 2 aliphatic rings. The van der Waals surface area contributed by atoms with Crippen LogP contribution in [-0.4, -0.2) is 38.0 Å². The van der Waals surface area contributed by atoms with Crippen LogP contribution >= 0.6 is 23.5 Å². The van der Waals surface area contributed by atoms with Crippen molar-refractivity contribution in [2.45, 2.75) is 43.1 Å². The molecule has 1 N–H and O–H groups in total. The summed E-state index contributed by atoms with van der Waals surface area (Å²) < 4.78 is 5.43. The molecule has 1 saturated heterocycles. The second-order valence-electron chi connectivity index (χ2n) is 5.99. The average Bonchev–Trinajstić information content (AvgIpc) is 3.05. The highest BCUT2D eigenvalue weighted by Crippen LogP contribution is 2.45. The fraction of sp³-hybridized carbons (Fsp3) is 0.786. The van der Waals surface area contributed by atoms with E-state index < -0.39 is 5.97 Å². The molecule has 0 aromatic carbocycles. The topological polar surface area (TPSA) is 76.2 Å². The number of carboxylic acids is 1. The number of carbonyl (C=O) groups is 1. The largest absolute Gasteiger partial charge is 0.481 e. The first kappa shape index (κ1) is 15.2. The number of nitrogens with zero attached hydrogens (tertiary/aromatic N) is 2. The lowest BCUT2D eigenvalue weighted by atomic mass is 9.96. The van der Waals surface area contributed by atoms with Gasteiger partial charge in [-0.15, -0.1) is 11.8 Å². The summed E-state index contributed by atoms with van der Waals surface area (Å²) in [5.74, 6) is 2.64. The Balaban J connectivity index is 1.79. The molecule has 1 aromatic rings. The van der Waals surface area contributed by atoms with E-state index in [-0.39, 0.29) is 17.1 Å². The third-order valence-electron chi connectivity index (χ3n) is 4.33. The fourth-order valence-corrected chi connectivity index (χ4v) is 5.95. The summed E-state index contributed by atoms with van der Waals surface area (Å²) >= 11 is 3.80. The van der Waals surface area contributed by atoms with Crippen LogP contribution in [-0.2, 0) is 4.79 Å². The van der Waals surface area contributed by atoms with Gasteiger partial charge in [0.05, 0.1) is 17.1 Å². The van der Waals surface area contributed by atoms with Gasteiger partial charge in [0.15, 0.2) is 5.82 Å². The molecule has 2 heterocycles. The maximum atomic E-state index is 11.4. The molecule has 7 heteroatoms. The second-order valence-corrected chi connectivity index (χ2v) is 8.72. The Bertz CT molecular complexity index is 522. The van der Waals surface area contributed by atoms with Gasteiger partial charge in [0.2, 0.25) is 5.89 Å². The van der Waals surface area contributed by atoms with Crippen molar-refractivity contribution in [3.63, 3.8) is 0 Å². The Labute approximate surface area is 132 Å². The molecular weight excluding hydrogens is 308 g/mol. The third-order valence-corrected chi connectivity index (χ3v) is 7.42. The molecule has 5 unspecified atom stereocenters. The lowest BCUT2D eigenvalue weighted by Gasteiger charge is -2.24. The Morgan fingerprint density at radius 3 is 2.76 bits per heavy atom. The van der Waals surface area contributed by atoms with E-state index in [2.05, 4.69) is 24.0 Å². The Morgan fingerprint density at radius 2 is 2.05 bits per heavy atom. The molecule has 116 valence electrons. The number of hydrogen-bond acceptors (Lipinski definition) is 6. The second kappa shape index (κ2) is 6.20. The molecule has 0 amide bonds. The van der Waals surface area contributed by atoms with Crippen LogP contribution in [0.25, 0.3) is 0 Å². The van der Waals surface area contributed by atoms with Crippen molar-refractivity contribution in [1.82, 2.24) is 10.1 Å². The first-order chi connectivity index (χ1) is 10.1. The smallest absolute Gasteiger partial charge is 0.307 e. The molecule has 0 radical (unpaired) electrons. The van der Waals surface area contributed by atoms with Gasteiger partial charge >= 0.3 is 5.97 Å². The predicted octanol–water partition coefficient (Wildman–Crippen LogP) is 3.19. The average molecular weight is 328 g/mol. The Kier molecular flexibility index (Phi) is 4.49. The molecule has 5 nitrogen and oxygen atoms in total. The maximum Gasteiger partial charge on any atom is 0.307 e. The molecule has 2 fully saturated rings. The van der Waals surface area contributed by atoms with Gasteiger partial charge in [-0.3, -0.25) is 4.79 Å². The summed E-state index contributed by atoms with van der Waals surface area (Å²) in [6.45, 7) is 4.28. The van der Waals surface area contributed by atoms with Crippen LogP contribution in [0.4, 0.5) is 0 Å². The van der Waals surface area contributed by atoms with E-state index in [1.54, 1.807) is 0 Å². The minimum Gasteiger partial charge on any atom is -0.481 e. The van der Waals surface area contributed by atoms with Crippen molar-refractivity contribution in [3.8, 4) is 0 Å². The zero-order valence-corrected chi connectivity index (χ0v) is 13.8. The maximum absolute atomic E-state index is 11.4. The number of hydrogen-bond donors (Lipinski definition) is 1. The van der Waals surface area contributed by atoms with Crippen molar-refractivity contribution >= 4 is 29.5 Å².